The molecule has 4 aromatic carbocycles. The zero-order valence-electron chi connectivity index (χ0n) is 28.8. The van der Waals surface area contributed by atoms with Gasteiger partial charge in [-0.15, -0.1) is 0 Å². The number of methoxy groups -OCH3 is 3. The van der Waals surface area contributed by atoms with Gasteiger partial charge >= 0.3 is 23.8 Å². The van der Waals surface area contributed by atoms with E-state index < -0.39 is 30.4 Å². The van der Waals surface area contributed by atoms with Gasteiger partial charge in [-0.2, -0.15) is 8.75 Å². The first kappa shape index (κ1) is 35.7. The van der Waals surface area contributed by atoms with Crippen LogP contribution >= 0.6 is 11.7 Å². The summed E-state index contributed by atoms with van der Waals surface area (Å²) in [5.74, 6) is -1.90. The van der Waals surface area contributed by atoms with E-state index in [-0.39, 0.29) is 30.8 Å². The van der Waals surface area contributed by atoms with Crippen molar-refractivity contribution in [3.63, 3.8) is 0 Å². The number of alkyl carbamates (subject to hydrolysis) is 1. The van der Waals surface area contributed by atoms with E-state index in [1.54, 1.807) is 61.5 Å². The van der Waals surface area contributed by atoms with Crippen LogP contribution in [-0.4, -0.2) is 61.3 Å². The summed E-state index contributed by atoms with van der Waals surface area (Å²) in [6.45, 7) is 1.54. The molecule has 14 heteroatoms. The van der Waals surface area contributed by atoms with Crippen LogP contribution in [0.1, 0.15) is 29.2 Å². The van der Waals surface area contributed by atoms with Crippen molar-refractivity contribution in [3.05, 3.63) is 113 Å². The molecule has 52 heavy (non-hydrogen) atoms. The third kappa shape index (κ3) is 7.47. The first-order chi connectivity index (χ1) is 25.3. The van der Waals surface area contributed by atoms with Crippen molar-refractivity contribution in [1.29, 1.82) is 0 Å². The van der Waals surface area contributed by atoms with Gasteiger partial charge < -0.3 is 38.5 Å². The lowest BCUT2D eigenvalue weighted by atomic mass is 9.87. The molecule has 1 amide bonds. The number of carbonyl (C=O) groups excluding carboxylic acids is 3. The fourth-order valence-corrected chi connectivity index (χ4v) is 6.32. The Morgan fingerprint density at radius 1 is 0.846 bits per heavy atom. The molecule has 1 N–H and O–H groups in total. The normalized spacial score (nSPS) is 15.2. The Morgan fingerprint density at radius 2 is 1.60 bits per heavy atom. The number of ether oxygens (including phenoxy) is 7. The molecule has 1 unspecified atom stereocenters. The average Bonchev–Trinajstić information content (AvgIpc) is 3.74. The van der Waals surface area contributed by atoms with E-state index in [1.807, 2.05) is 30.3 Å². The zero-order chi connectivity index (χ0) is 36.7. The van der Waals surface area contributed by atoms with Crippen LogP contribution < -0.4 is 24.3 Å². The molecule has 0 bridgehead atoms. The highest BCUT2D eigenvalue weighted by molar-refractivity contribution is 7.00. The molecule has 1 atom stereocenters. The first-order valence-electron chi connectivity index (χ1n) is 16.2. The molecule has 1 aliphatic heterocycles. The number of hydrogen-bond acceptors (Lipinski definition) is 13. The molecule has 2 heterocycles. The quantitative estimate of drug-likeness (QED) is 0.134. The number of aromatic nitrogens is 2. The van der Waals surface area contributed by atoms with Crippen molar-refractivity contribution in [2.24, 2.45) is 0 Å². The number of nitrogens with one attached hydrogen (secondary N) is 1. The highest BCUT2D eigenvalue weighted by Crippen LogP contribution is 2.49. The average molecular weight is 726 g/mol. The highest BCUT2D eigenvalue weighted by Gasteiger charge is 2.53. The van der Waals surface area contributed by atoms with Gasteiger partial charge in [0, 0.05) is 17.6 Å². The van der Waals surface area contributed by atoms with Crippen molar-refractivity contribution in [2.75, 3.05) is 34.5 Å². The van der Waals surface area contributed by atoms with Crippen molar-refractivity contribution in [3.8, 4) is 23.0 Å². The molecule has 0 saturated carbocycles. The highest BCUT2D eigenvalue weighted by atomic mass is 32.1. The number of carbonyl (C=O) groups is 3. The molecule has 5 aromatic rings. The summed E-state index contributed by atoms with van der Waals surface area (Å²) in [4.78, 5) is 39.8. The summed E-state index contributed by atoms with van der Waals surface area (Å²) in [7, 11) is 4.53. The molecule has 268 valence electrons. The molecule has 1 aromatic heterocycles. The molecule has 6 rings (SSSR count). The van der Waals surface area contributed by atoms with Crippen LogP contribution in [0, 0.1) is 0 Å². The summed E-state index contributed by atoms with van der Waals surface area (Å²) in [6, 6.07) is 24.9. The van der Waals surface area contributed by atoms with Gasteiger partial charge in [0.05, 0.1) is 45.2 Å². The van der Waals surface area contributed by atoms with Crippen molar-refractivity contribution < 1.29 is 47.5 Å². The Bertz CT molecular complexity index is 2120. The Kier molecular flexibility index (Phi) is 10.8. The van der Waals surface area contributed by atoms with Gasteiger partial charge in [0.2, 0.25) is 5.75 Å². The topological polar surface area (TPSA) is 154 Å². The fourth-order valence-electron chi connectivity index (χ4n) is 5.81. The molecule has 0 fully saturated rings. The second-order valence-corrected chi connectivity index (χ2v) is 11.9. The minimum absolute atomic E-state index is 0.00629. The molecule has 1 aliphatic rings. The van der Waals surface area contributed by atoms with Crippen LogP contribution in [-0.2, 0) is 42.6 Å². The Labute approximate surface area is 303 Å². The summed E-state index contributed by atoms with van der Waals surface area (Å²) >= 11 is 1.04. The monoisotopic (exact) mass is 725 g/mol. The molecular formula is C38H35N3O10S. The van der Waals surface area contributed by atoms with Crippen molar-refractivity contribution in [1.82, 2.24) is 14.1 Å². The fraction of sp³-hybridized carbons (Fsp3) is 0.237. The lowest BCUT2D eigenvalue weighted by molar-refractivity contribution is -0.185. The number of hydrogen-bond donors (Lipinski definition) is 1. The summed E-state index contributed by atoms with van der Waals surface area (Å²) in [6.07, 6.45) is -1.04. The molecule has 13 nitrogen and oxygen atoms in total. The standard InChI is InChI=1S/C38H35N3O10S/c1-5-48-33(42)21-39-37(44)51-38(26-12-14-27(45-2)15-13-26)28(34(36(43)50-38)25-11-16-29-30(20-25)41-52-40-29)17-24-18-31(46-3)35(47-4)32(19-24)49-22-23-9-7-6-8-10-23/h6-16,18-20H,5,17,21-22H2,1-4H3,(H,39,44). The van der Waals surface area contributed by atoms with E-state index in [4.69, 9.17) is 33.2 Å². The maximum absolute atomic E-state index is 14.2. The number of amides is 1. The Hall–Kier alpha value is -6.15. The van der Waals surface area contributed by atoms with E-state index >= 15 is 0 Å². The van der Waals surface area contributed by atoms with Crippen molar-refractivity contribution in [2.45, 2.75) is 25.7 Å². The maximum atomic E-state index is 14.2. The summed E-state index contributed by atoms with van der Waals surface area (Å²) in [5.41, 5.74) is 3.95. The number of benzene rings is 4. The van der Waals surface area contributed by atoms with E-state index in [0.29, 0.717) is 50.7 Å². The van der Waals surface area contributed by atoms with E-state index in [1.165, 1.54) is 21.3 Å². The van der Waals surface area contributed by atoms with Crippen LogP contribution in [0.25, 0.3) is 16.6 Å². The van der Waals surface area contributed by atoms with Crippen molar-refractivity contribution >= 4 is 46.4 Å². The van der Waals surface area contributed by atoms with Gasteiger partial charge in [-0.05, 0) is 72.1 Å². The lowest BCUT2D eigenvalue weighted by Crippen LogP contribution is -2.41. The largest absolute Gasteiger partial charge is 0.497 e. The van der Waals surface area contributed by atoms with Gasteiger partial charge in [0.15, 0.2) is 11.5 Å². The van der Waals surface area contributed by atoms with Crippen LogP contribution in [0.5, 0.6) is 23.0 Å². The van der Waals surface area contributed by atoms with Gasteiger partial charge in [0.25, 0.3) is 0 Å². The third-order valence-corrected chi connectivity index (χ3v) is 8.75. The molecule has 0 aliphatic carbocycles. The van der Waals surface area contributed by atoms with E-state index in [0.717, 1.165) is 17.3 Å². The molecular weight excluding hydrogens is 690 g/mol. The number of nitrogens with zero attached hydrogens (tertiary/aromatic N) is 2. The van der Waals surface area contributed by atoms with E-state index in [9.17, 15) is 14.4 Å². The zero-order valence-corrected chi connectivity index (χ0v) is 29.6. The van der Waals surface area contributed by atoms with Crippen LogP contribution in [0.15, 0.2) is 90.5 Å². The van der Waals surface area contributed by atoms with Gasteiger partial charge in [-0.25, -0.2) is 9.59 Å². The SMILES string of the molecule is CCOC(=O)CNC(=O)OC1(c2ccc(OC)cc2)OC(=O)C(c2ccc3nsnc3c2)=C1Cc1cc(OC)c(OC)c(OCc2ccccc2)c1. The Balaban J connectivity index is 1.51. The lowest BCUT2D eigenvalue weighted by Gasteiger charge is -2.31. The predicted octanol–water partition coefficient (Wildman–Crippen LogP) is 5.99. The molecule has 0 saturated heterocycles. The second kappa shape index (κ2) is 15.8. The Morgan fingerprint density at radius 3 is 2.31 bits per heavy atom. The van der Waals surface area contributed by atoms with Gasteiger partial charge in [-0.3, -0.25) is 4.79 Å². The maximum Gasteiger partial charge on any atom is 0.411 e. The van der Waals surface area contributed by atoms with E-state index in [2.05, 4.69) is 14.1 Å². The number of cyclic esters (lactones) is 1. The second-order valence-electron chi connectivity index (χ2n) is 11.4. The van der Waals surface area contributed by atoms with Gasteiger partial charge in [-0.1, -0.05) is 36.4 Å². The minimum Gasteiger partial charge on any atom is -0.497 e. The predicted molar refractivity (Wildman–Crippen MR) is 190 cm³/mol. The smallest absolute Gasteiger partial charge is 0.411 e. The van der Waals surface area contributed by atoms with Gasteiger partial charge in [0.1, 0.15) is 29.9 Å². The summed E-state index contributed by atoms with van der Waals surface area (Å²) in [5, 5.41) is 2.41. The molecule has 0 radical (unpaired) electrons. The van der Waals surface area contributed by atoms with Crippen LogP contribution in [0.3, 0.4) is 0 Å². The van der Waals surface area contributed by atoms with Crippen LogP contribution in [0.2, 0.25) is 0 Å². The number of rotatable bonds is 14. The van der Waals surface area contributed by atoms with Crippen LogP contribution in [0.4, 0.5) is 4.79 Å². The minimum atomic E-state index is -2.11. The first-order valence-corrected chi connectivity index (χ1v) is 16.9. The number of esters is 2. The third-order valence-electron chi connectivity index (χ3n) is 8.19. The number of fused-ring (bicyclic) bond motifs is 1. The molecule has 0 spiro atoms. The summed E-state index contributed by atoms with van der Waals surface area (Å²) < 4.78 is 48.9.